The molecule has 0 bridgehead atoms. The molecule has 3 aromatic rings. The molecule has 1 aromatic heterocycles. The third-order valence-electron chi connectivity index (χ3n) is 7.15. The molecule has 184 valence electrons. The van der Waals surface area contributed by atoms with Crippen molar-refractivity contribution >= 4 is 28.9 Å². The fourth-order valence-electron chi connectivity index (χ4n) is 5.72. The van der Waals surface area contributed by atoms with E-state index in [1.807, 2.05) is 0 Å². The number of anilines is 2. The van der Waals surface area contributed by atoms with Gasteiger partial charge >= 0.3 is 6.18 Å². The van der Waals surface area contributed by atoms with Crippen LogP contribution in [0.1, 0.15) is 30.4 Å². The van der Waals surface area contributed by atoms with Gasteiger partial charge < -0.3 is 9.88 Å². The van der Waals surface area contributed by atoms with Gasteiger partial charge in [-0.05, 0) is 49.2 Å². The number of rotatable bonds is 2. The van der Waals surface area contributed by atoms with Crippen LogP contribution in [0.2, 0.25) is 0 Å². The number of allylic oxidation sites excluding steroid dienone is 1. The van der Waals surface area contributed by atoms with Crippen LogP contribution >= 0.6 is 0 Å². The summed E-state index contributed by atoms with van der Waals surface area (Å²) in [5.74, 6) is -0.613. The molecule has 0 saturated carbocycles. The van der Waals surface area contributed by atoms with Gasteiger partial charge in [-0.25, -0.2) is 0 Å². The van der Waals surface area contributed by atoms with E-state index in [1.54, 1.807) is 58.3 Å². The van der Waals surface area contributed by atoms with Crippen LogP contribution in [0.15, 0.2) is 89.9 Å². The highest BCUT2D eigenvalue weighted by molar-refractivity contribution is 6.21. The van der Waals surface area contributed by atoms with Crippen LogP contribution in [-0.2, 0) is 21.2 Å². The number of ketones is 1. The Morgan fingerprint density at radius 1 is 0.973 bits per heavy atom. The lowest BCUT2D eigenvalue weighted by Crippen LogP contribution is -2.49. The summed E-state index contributed by atoms with van der Waals surface area (Å²) >= 11 is 0. The molecule has 1 N–H and O–H groups in total. The lowest BCUT2D eigenvalue weighted by Gasteiger charge is -2.44. The Morgan fingerprint density at radius 3 is 2.46 bits per heavy atom. The van der Waals surface area contributed by atoms with Crippen LogP contribution < -0.4 is 10.2 Å². The van der Waals surface area contributed by atoms with Crippen molar-refractivity contribution in [2.45, 2.75) is 30.9 Å². The Bertz CT molecular complexity index is 1580. The monoisotopic (exact) mass is 500 g/mol. The molecule has 1 aliphatic carbocycles. The summed E-state index contributed by atoms with van der Waals surface area (Å²) in [7, 11) is 0. The Morgan fingerprint density at radius 2 is 1.73 bits per heavy atom. The number of Topliss-reactive ketones (excluding diaryl/α,β-unsaturated/α-hetero) is 1. The first-order valence-corrected chi connectivity index (χ1v) is 11.7. The second-order valence-electron chi connectivity index (χ2n) is 9.13. The summed E-state index contributed by atoms with van der Waals surface area (Å²) in [5.41, 5.74) is -0.916. The van der Waals surface area contributed by atoms with Crippen LogP contribution in [0.25, 0.3) is 5.82 Å². The van der Waals surface area contributed by atoms with E-state index in [-0.39, 0.29) is 34.9 Å². The molecule has 9 heteroatoms. The highest BCUT2D eigenvalue weighted by Crippen LogP contribution is 2.56. The standard InChI is InChI=1S/C28H19F3N4O2/c29-28(30,31)17-7-5-8-18(15-17)35-22-11-6-12-23(36)24(22)27(19-9-1-2-10-21(19)33-26(27)37)20(16-32)25(35)34-13-3-4-14-34/h1-5,7-10,13-15H,6,11-12H2,(H,33,37)/t27-/m0/s1. The average Bonchev–Trinajstić information content (AvgIpc) is 3.51. The summed E-state index contributed by atoms with van der Waals surface area (Å²) in [6.45, 7) is 0. The highest BCUT2D eigenvalue weighted by atomic mass is 19.4. The molecule has 0 unspecified atom stereocenters. The summed E-state index contributed by atoms with van der Waals surface area (Å²) in [6, 6.07) is 17.3. The fourth-order valence-corrected chi connectivity index (χ4v) is 5.72. The number of amides is 1. The molecule has 2 aliphatic heterocycles. The molecule has 3 heterocycles. The normalized spacial score (nSPS) is 21.2. The predicted octanol–water partition coefficient (Wildman–Crippen LogP) is 5.62. The van der Waals surface area contributed by atoms with Gasteiger partial charge in [0, 0.05) is 47.0 Å². The number of nitrogens with zero attached hydrogens (tertiary/aromatic N) is 3. The third kappa shape index (κ3) is 3.12. The first-order valence-electron chi connectivity index (χ1n) is 11.7. The van der Waals surface area contributed by atoms with Crippen molar-refractivity contribution in [1.82, 2.24) is 4.57 Å². The van der Waals surface area contributed by atoms with Gasteiger partial charge in [-0.1, -0.05) is 24.3 Å². The Kier molecular flexibility index (Phi) is 4.92. The number of alkyl halides is 3. The quantitative estimate of drug-likeness (QED) is 0.496. The summed E-state index contributed by atoms with van der Waals surface area (Å²) < 4.78 is 42.7. The molecule has 6 rings (SSSR count). The van der Waals surface area contributed by atoms with Crippen LogP contribution in [0.5, 0.6) is 0 Å². The van der Waals surface area contributed by atoms with Crippen molar-refractivity contribution in [1.29, 1.82) is 5.26 Å². The smallest absolute Gasteiger partial charge is 0.324 e. The zero-order chi connectivity index (χ0) is 25.9. The van der Waals surface area contributed by atoms with Gasteiger partial charge in [0.05, 0.1) is 11.1 Å². The Hall–Kier alpha value is -4.58. The molecule has 1 atom stereocenters. The largest absolute Gasteiger partial charge is 0.416 e. The van der Waals surface area contributed by atoms with Gasteiger partial charge in [0.1, 0.15) is 17.3 Å². The average molecular weight is 500 g/mol. The van der Waals surface area contributed by atoms with E-state index >= 15 is 0 Å². The number of para-hydroxylation sites is 1. The molecule has 0 radical (unpaired) electrons. The predicted molar refractivity (Wildman–Crippen MR) is 130 cm³/mol. The fraction of sp³-hybridized carbons (Fsp3) is 0.179. The van der Waals surface area contributed by atoms with E-state index in [9.17, 15) is 28.0 Å². The SMILES string of the molecule is N#CC1=C(n2cccc2)N(c2cccc(C(F)(F)F)c2)C2=C(C(=O)CCC2)[C@@]12C(=O)Nc1ccccc12. The number of nitriles is 1. The maximum atomic E-state index is 13.9. The topological polar surface area (TPSA) is 78.1 Å². The minimum Gasteiger partial charge on any atom is -0.324 e. The number of carbonyl (C=O) groups is 2. The van der Waals surface area contributed by atoms with Crippen LogP contribution in [0.4, 0.5) is 24.5 Å². The van der Waals surface area contributed by atoms with Crippen LogP contribution in [0, 0.1) is 11.3 Å². The molecular formula is C28H19F3N4O2. The Labute approximate surface area is 209 Å². The van der Waals surface area contributed by atoms with Crippen molar-refractivity contribution < 1.29 is 22.8 Å². The number of halogens is 3. The van der Waals surface area contributed by atoms with Crippen molar-refractivity contribution in [3.8, 4) is 6.07 Å². The van der Waals surface area contributed by atoms with Crippen LogP contribution in [0.3, 0.4) is 0 Å². The van der Waals surface area contributed by atoms with Gasteiger partial charge in [-0.15, -0.1) is 0 Å². The van der Waals surface area contributed by atoms with Gasteiger partial charge in [-0.3, -0.25) is 14.5 Å². The minimum atomic E-state index is -4.59. The van der Waals surface area contributed by atoms with Crippen LogP contribution in [-0.4, -0.2) is 16.3 Å². The third-order valence-corrected chi connectivity index (χ3v) is 7.15. The zero-order valence-corrected chi connectivity index (χ0v) is 19.3. The summed E-state index contributed by atoms with van der Waals surface area (Å²) in [6.07, 6.45) is -0.284. The van der Waals surface area contributed by atoms with E-state index in [4.69, 9.17) is 0 Å². The van der Waals surface area contributed by atoms with Gasteiger partial charge in [-0.2, -0.15) is 18.4 Å². The van der Waals surface area contributed by atoms with E-state index in [1.165, 1.54) is 12.1 Å². The number of carbonyl (C=O) groups excluding carboxylic acids is 2. The minimum absolute atomic E-state index is 0.0300. The molecule has 0 saturated heterocycles. The van der Waals surface area contributed by atoms with Crippen molar-refractivity contribution in [3.05, 3.63) is 101 Å². The Balaban J connectivity index is 1.75. The van der Waals surface area contributed by atoms with Crippen molar-refractivity contribution in [2.75, 3.05) is 10.2 Å². The molecule has 2 aromatic carbocycles. The van der Waals surface area contributed by atoms with Gasteiger partial charge in [0.25, 0.3) is 0 Å². The van der Waals surface area contributed by atoms with E-state index in [2.05, 4.69) is 11.4 Å². The second-order valence-corrected chi connectivity index (χ2v) is 9.13. The zero-order valence-electron chi connectivity index (χ0n) is 19.3. The molecule has 0 fully saturated rings. The van der Waals surface area contributed by atoms with Gasteiger partial charge in [0.15, 0.2) is 5.78 Å². The summed E-state index contributed by atoms with van der Waals surface area (Å²) in [4.78, 5) is 29.0. The van der Waals surface area contributed by atoms with Crippen molar-refractivity contribution in [2.24, 2.45) is 0 Å². The second kappa shape index (κ2) is 7.96. The van der Waals surface area contributed by atoms with E-state index in [0.29, 0.717) is 29.8 Å². The maximum Gasteiger partial charge on any atom is 0.416 e. The first-order chi connectivity index (χ1) is 17.8. The highest BCUT2D eigenvalue weighted by Gasteiger charge is 2.60. The van der Waals surface area contributed by atoms with E-state index < -0.39 is 23.1 Å². The number of fused-ring (bicyclic) bond motifs is 3. The number of benzene rings is 2. The van der Waals surface area contributed by atoms with E-state index in [0.717, 1.165) is 12.1 Å². The number of hydrogen-bond acceptors (Lipinski definition) is 4. The lowest BCUT2D eigenvalue weighted by molar-refractivity contribution is -0.137. The number of nitrogens with one attached hydrogen (secondary N) is 1. The molecule has 1 amide bonds. The molecule has 6 nitrogen and oxygen atoms in total. The molecule has 1 spiro atoms. The molecule has 3 aliphatic rings. The maximum absolute atomic E-state index is 13.9. The number of hydrogen-bond donors (Lipinski definition) is 1. The van der Waals surface area contributed by atoms with Gasteiger partial charge in [0.2, 0.25) is 5.91 Å². The molecular weight excluding hydrogens is 481 g/mol. The molecule has 37 heavy (non-hydrogen) atoms. The first kappa shape index (κ1) is 22.9. The lowest BCUT2D eigenvalue weighted by atomic mass is 9.63. The number of aromatic nitrogens is 1. The van der Waals surface area contributed by atoms with Crippen molar-refractivity contribution in [3.63, 3.8) is 0 Å². The summed E-state index contributed by atoms with van der Waals surface area (Å²) in [5, 5.41) is 13.5.